The molecule has 0 aromatic heterocycles. The maximum Gasteiger partial charge on any atom is 0.337 e. The quantitative estimate of drug-likeness (QED) is 0.832. The molecule has 0 bridgehead atoms. The Labute approximate surface area is 104 Å². The van der Waals surface area contributed by atoms with Gasteiger partial charge in [0.15, 0.2) is 0 Å². The molecule has 0 amide bonds. The standard InChI is InChI=1S/C12H13ClO2S/c1-6-4-7(11(14)15)9(13)8-10(6)16-5-12(8,2)3/h4H,5H2,1-3H3,(H,14,15). The molecule has 2 rings (SSSR count). The van der Waals surface area contributed by atoms with Gasteiger partial charge in [0.2, 0.25) is 0 Å². The molecule has 16 heavy (non-hydrogen) atoms. The van der Waals surface area contributed by atoms with E-state index in [1.807, 2.05) is 6.92 Å². The van der Waals surface area contributed by atoms with Crippen LogP contribution in [0.2, 0.25) is 5.02 Å². The maximum atomic E-state index is 11.1. The second-order valence-corrected chi connectivity index (χ2v) is 6.10. The van der Waals surface area contributed by atoms with Gasteiger partial charge in [-0.2, -0.15) is 0 Å². The number of thioether (sulfide) groups is 1. The van der Waals surface area contributed by atoms with Gasteiger partial charge in [0.25, 0.3) is 0 Å². The average Bonchev–Trinajstić information content (AvgIpc) is 2.48. The summed E-state index contributed by atoms with van der Waals surface area (Å²) < 4.78 is 0. The summed E-state index contributed by atoms with van der Waals surface area (Å²) in [6.07, 6.45) is 0. The van der Waals surface area contributed by atoms with Crippen LogP contribution in [0.25, 0.3) is 0 Å². The molecule has 1 heterocycles. The lowest BCUT2D eigenvalue weighted by atomic mass is 9.85. The summed E-state index contributed by atoms with van der Waals surface area (Å²) in [5, 5.41) is 9.51. The van der Waals surface area contributed by atoms with Crippen LogP contribution in [-0.2, 0) is 5.41 Å². The molecule has 0 aliphatic carbocycles. The van der Waals surface area contributed by atoms with Crippen molar-refractivity contribution < 1.29 is 9.90 Å². The molecule has 4 heteroatoms. The zero-order valence-corrected chi connectivity index (χ0v) is 11.0. The molecule has 0 fully saturated rings. The number of carboxylic acid groups (broad SMARTS) is 1. The van der Waals surface area contributed by atoms with Gasteiger partial charge >= 0.3 is 5.97 Å². The minimum Gasteiger partial charge on any atom is -0.478 e. The molecule has 0 saturated carbocycles. The molecule has 2 nitrogen and oxygen atoms in total. The van der Waals surface area contributed by atoms with Crippen LogP contribution in [0, 0.1) is 6.92 Å². The highest BCUT2D eigenvalue weighted by Gasteiger charge is 2.35. The molecule has 0 atom stereocenters. The van der Waals surface area contributed by atoms with Crippen molar-refractivity contribution in [3.05, 3.63) is 27.8 Å². The van der Waals surface area contributed by atoms with E-state index in [-0.39, 0.29) is 11.0 Å². The lowest BCUT2D eigenvalue weighted by Crippen LogP contribution is -2.17. The van der Waals surface area contributed by atoms with E-state index in [4.69, 9.17) is 16.7 Å². The fraction of sp³-hybridized carbons (Fsp3) is 0.417. The molecule has 1 aromatic carbocycles. The van der Waals surface area contributed by atoms with Gasteiger partial charge in [-0.25, -0.2) is 4.79 Å². The van der Waals surface area contributed by atoms with Crippen molar-refractivity contribution in [2.24, 2.45) is 0 Å². The van der Waals surface area contributed by atoms with Gasteiger partial charge in [0.1, 0.15) is 0 Å². The van der Waals surface area contributed by atoms with Gasteiger partial charge < -0.3 is 5.11 Å². The molecule has 0 spiro atoms. The van der Waals surface area contributed by atoms with Crippen molar-refractivity contribution in [2.45, 2.75) is 31.1 Å². The number of hydrogen-bond donors (Lipinski definition) is 1. The van der Waals surface area contributed by atoms with E-state index in [0.29, 0.717) is 5.02 Å². The SMILES string of the molecule is Cc1cc(C(=O)O)c(Cl)c2c1SCC2(C)C. The van der Waals surface area contributed by atoms with Crippen molar-refractivity contribution >= 4 is 29.3 Å². The number of hydrogen-bond acceptors (Lipinski definition) is 2. The summed E-state index contributed by atoms with van der Waals surface area (Å²) in [7, 11) is 0. The van der Waals surface area contributed by atoms with Crippen LogP contribution in [-0.4, -0.2) is 16.8 Å². The number of carbonyl (C=O) groups is 1. The molecule has 1 N–H and O–H groups in total. The van der Waals surface area contributed by atoms with Gasteiger partial charge in [-0.1, -0.05) is 25.4 Å². The van der Waals surface area contributed by atoms with E-state index < -0.39 is 5.97 Å². The zero-order chi connectivity index (χ0) is 12.1. The summed E-state index contributed by atoms with van der Waals surface area (Å²) in [6, 6.07) is 1.66. The van der Waals surface area contributed by atoms with Crippen LogP contribution >= 0.6 is 23.4 Å². The van der Waals surface area contributed by atoms with Crippen molar-refractivity contribution in [3.8, 4) is 0 Å². The van der Waals surface area contributed by atoms with E-state index in [1.165, 1.54) is 0 Å². The number of fused-ring (bicyclic) bond motifs is 1. The Morgan fingerprint density at radius 2 is 2.19 bits per heavy atom. The van der Waals surface area contributed by atoms with Crippen LogP contribution in [0.15, 0.2) is 11.0 Å². The first-order chi connectivity index (χ1) is 7.34. The molecule has 0 radical (unpaired) electrons. The van der Waals surface area contributed by atoms with Crippen LogP contribution in [0.3, 0.4) is 0 Å². The molecule has 0 saturated heterocycles. The monoisotopic (exact) mass is 256 g/mol. The highest BCUT2D eigenvalue weighted by Crippen LogP contribution is 2.49. The molecular formula is C12H13ClO2S. The summed E-state index contributed by atoms with van der Waals surface area (Å²) in [5.41, 5.74) is 2.17. The first-order valence-electron chi connectivity index (χ1n) is 5.04. The lowest BCUT2D eigenvalue weighted by molar-refractivity contribution is 0.0696. The average molecular weight is 257 g/mol. The van der Waals surface area contributed by atoms with Crippen LogP contribution in [0.1, 0.15) is 35.3 Å². The number of rotatable bonds is 1. The Morgan fingerprint density at radius 1 is 1.56 bits per heavy atom. The van der Waals surface area contributed by atoms with Gasteiger partial charge in [0, 0.05) is 16.1 Å². The molecule has 86 valence electrons. The van der Waals surface area contributed by atoms with Crippen molar-refractivity contribution in [2.75, 3.05) is 5.75 Å². The Bertz CT molecular complexity index is 480. The second kappa shape index (κ2) is 3.67. The Morgan fingerprint density at radius 3 is 2.75 bits per heavy atom. The molecule has 1 aromatic rings. The number of carboxylic acids is 1. The summed E-state index contributed by atoms with van der Waals surface area (Å²) in [6.45, 7) is 6.14. The lowest BCUT2D eigenvalue weighted by Gasteiger charge is -2.20. The fourth-order valence-corrected chi connectivity index (χ4v) is 4.05. The van der Waals surface area contributed by atoms with E-state index >= 15 is 0 Å². The van der Waals surface area contributed by atoms with Gasteiger partial charge in [-0.05, 0) is 24.1 Å². The highest BCUT2D eigenvalue weighted by molar-refractivity contribution is 7.99. The third-order valence-corrected chi connectivity index (χ3v) is 4.96. The van der Waals surface area contributed by atoms with Crippen molar-refractivity contribution in [1.29, 1.82) is 0 Å². The van der Waals surface area contributed by atoms with E-state index in [9.17, 15) is 4.79 Å². The largest absolute Gasteiger partial charge is 0.478 e. The normalized spacial score (nSPS) is 17.2. The van der Waals surface area contributed by atoms with Crippen molar-refractivity contribution in [1.82, 2.24) is 0 Å². The van der Waals surface area contributed by atoms with Gasteiger partial charge in [-0.15, -0.1) is 11.8 Å². The second-order valence-electron chi connectivity index (χ2n) is 4.74. The van der Waals surface area contributed by atoms with Gasteiger partial charge in [-0.3, -0.25) is 0 Å². The summed E-state index contributed by atoms with van der Waals surface area (Å²) >= 11 is 7.97. The minimum atomic E-state index is -0.955. The minimum absolute atomic E-state index is 0.0483. The number of halogens is 1. The molecule has 1 aliphatic heterocycles. The topological polar surface area (TPSA) is 37.3 Å². The zero-order valence-electron chi connectivity index (χ0n) is 9.43. The highest BCUT2D eigenvalue weighted by atomic mass is 35.5. The molecular weight excluding hydrogens is 244 g/mol. The predicted molar refractivity (Wildman–Crippen MR) is 66.9 cm³/mol. The van der Waals surface area contributed by atoms with E-state index in [2.05, 4.69) is 13.8 Å². The Hall–Kier alpha value is -0.670. The third kappa shape index (κ3) is 1.62. The number of aryl methyl sites for hydroxylation is 1. The van der Waals surface area contributed by atoms with E-state index in [0.717, 1.165) is 21.8 Å². The molecule has 0 unspecified atom stereocenters. The summed E-state index contributed by atoms with van der Waals surface area (Å²) in [5.74, 6) is -0.00464. The van der Waals surface area contributed by atoms with Crippen LogP contribution in [0.4, 0.5) is 0 Å². The van der Waals surface area contributed by atoms with E-state index in [1.54, 1.807) is 17.8 Å². The Kier molecular flexibility index (Phi) is 2.71. The molecule has 1 aliphatic rings. The third-order valence-electron chi connectivity index (χ3n) is 2.89. The number of aromatic carboxylic acids is 1. The summed E-state index contributed by atoms with van der Waals surface area (Å²) in [4.78, 5) is 12.2. The first-order valence-corrected chi connectivity index (χ1v) is 6.40. The number of benzene rings is 1. The smallest absolute Gasteiger partial charge is 0.337 e. The van der Waals surface area contributed by atoms with Crippen molar-refractivity contribution in [3.63, 3.8) is 0 Å². The van der Waals surface area contributed by atoms with Crippen LogP contribution < -0.4 is 0 Å². The first kappa shape index (κ1) is 11.8. The van der Waals surface area contributed by atoms with Gasteiger partial charge in [0.05, 0.1) is 10.6 Å². The predicted octanol–water partition coefficient (Wildman–Crippen LogP) is 3.73. The maximum absolute atomic E-state index is 11.1. The Balaban J connectivity index is 2.76. The fourth-order valence-electron chi connectivity index (χ4n) is 2.05. The van der Waals surface area contributed by atoms with Crippen LogP contribution in [0.5, 0.6) is 0 Å².